The summed E-state index contributed by atoms with van der Waals surface area (Å²) in [6, 6.07) is 5.31. The molecule has 1 aliphatic heterocycles. The SMILES string of the molecule is COC(=O)C(CN)Oc1ccc2c(c1)NC(=O)CC2. The molecular formula is C13H16N2O4. The molecule has 0 radical (unpaired) electrons. The van der Waals surface area contributed by atoms with Crippen molar-refractivity contribution in [2.75, 3.05) is 19.0 Å². The first-order valence-electron chi connectivity index (χ1n) is 6.01. The van der Waals surface area contributed by atoms with Gasteiger partial charge in [-0.15, -0.1) is 0 Å². The minimum atomic E-state index is -0.845. The van der Waals surface area contributed by atoms with Gasteiger partial charge in [0.25, 0.3) is 0 Å². The number of hydrogen-bond donors (Lipinski definition) is 2. The predicted octanol–water partition coefficient (Wildman–Crippen LogP) is 0.450. The summed E-state index contributed by atoms with van der Waals surface area (Å²) in [6.45, 7) is 0.0239. The third-order valence-electron chi connectivity index (χ3n) is 2.93. The zero-order valence-electron chi connectivity index (χ0n) is 10.6. The number of aryl methyl sites for hydroxylation is 1. The van der Waals surface area contributed by atoms with Gasteiger partial charge >= 0.3 is 5.97 Å². The number of ether oxygens (including phenoxy) is 2. The second-order valence-electron chi connectivity index (χ2n) is 4.23. The minimum absolute atomic E-state index is 0.0204. The van der Waals surface area contributed by atoms with Crippen LogP contribution in [0.2, 0.25) is 0 Å². The summed E-state index contributed by atoms with van der Waals surface area (Å²) in [6.07, 6.45) is 0.349. The Morgan fingerprint density at radius 2 is 2.26 bits per heavy atom. The number of fused-ring (bicyclic) bond motifs is 1. The van der Waals surface area contributed by atoms with E-state index in [-0.39, 0.29) is 12.5 Å². The number of benzene rings is 1. The van der Waals surface area contributed by atoms with Crippen LogP contribution in [0.5, 0.6) is 5.75 Å². The van der Waals surface area contributed by atoms with Crippen molar-refractivity contribution in [2.24, 2.45) is 5.73 Å². The fourth-order valence-electron chi connectivity index (χ4n) is 1.91. The van der Waals surface area contributed by atoms with Gasteiger partial charge in [-0.05, 0) is 18.1 Å². The number of carbonyl (C=O) groups is 2. The molecule has 0 saturated carbocycles. The van der Waals surface area contributed by atoms with E-state index in [2.05, 4.69) is 10.1 Å². The van der Waals surface area contributed by atoms with Crippen LogP contribution >= 0.6 is 0 Å². The van der Waals surface area contributed by atoms with Gasteiger partial charge in [0.2, 0.25) is 12.0 Å². The summed E-state index contributed by atoms with van der Waals surface area (Å²) in [5.74, 6) is -0.0703. The molecule has 0 spiro atoms. The molecule has 102 valence electrons. The smallest absolute Gasteiger partial charge is 0.348 e. The highest BCUT2D eigenvalue weighted by atomic mass is 16.6. The lowest BCUT2D eigenvalue weighted by Crippen LogP contribution is -2.36. The van der Waals surface area contributed by atoms with E-state index in [1.807, 2.05) is 6.07 Å². The molecule has 1 amide bonds. The van der Waals surface area contributed by atoms with Crippen molar-refractivity contribution in [2.45, 2.75) is 18.9 Å². The van der Waals surface area contributed by atoms with Crippen LogP contribution in [-0.2, 0) is 20.7 Å². The van der Waals surface area contributed by atoms with Crippen LogP contribution in [0.15, 0.2) is 18.2 Å². The second-order valence-corrected chi connectivity index (χ2v) is 4.23. The van der Waals surface area contributed by atoms with Crippen molar-refractivity contribution in [3.63, 3.8) is 0 Å². The van der Waals surface area contributed by atoms with Gasteiger partial charge in [0.15, 0.2) is 0 Å². The molecule has 0 aromatic heterocycles. The highest BCUT2D eigenvalue weighted by molar-refractivity contribution is 5.94. The van der Waals surface area contributed by atoms with Gasteiger partial charge in [0, 0.05) is 24.7 Å². The number of esters is 1. The first-order chi connectivity index (χ1) is 9.13. The lowest BCUT2D eigenvalue weighted by Gasteiger charge is -2.19. The van der Waals surface area contributed by atoms with Crippen molar-refractivity contribution in [1.29, 1.82) is 0 Å². The van der Waals surface area contributed by atoms with Gasteiger partial charge in [-0.2, -0.15) is 0 Å². The number of hydrogen-bond acceptors (Lipinski definition) is 5. The van der Waals surface area contributed by atoms with Gasteiger partial charge < -0.3 is 20.5 Å². The fourth-order valence-corrected chi connectivity index (χ4v) is 1.91. The van der Waals surface area contributed by atoms with E-state index in [1.165, 1.54) is 7.11 Å². The lowest BCUT2D eigenvalue weighted by molar-refractivity contribution is -0.148. The maximum Gasteiger partial charge on any atom is 0.348 e. The lowest BCUT2D eigenvalue weighted by atomic mass is 10.0. The summed E-state index contributed by atoms with van der Waals surface area (Å²) in [5, 5.41) is 2.77. The molecule has 0 aliphatic carbocycles. The number of amides is 1. The summed E-state index contributed by atoms with van der Waals surface area (Å²) < 4.78 is 10.1. The molecule has 6 nitrogen and oxygen atoms in total. The molecule has 1 heterocycles. The first-order valence-corrected chi connectivity index (χ1v) is 6.01. The van der Waals surface area contributed by atoms with E-state index in [0.29, 0.717) is 18.6 Å². The van der Waals surface area contributed by atoms with Gasteiger partial charge in [-0.25, -0.2) is 4.79 Å². The normalized spacial score (nSPS) is 15.2. The third-order valence-corrected chi connectivity index (χ3v) is 2.93. The average Bonchev–Trinajstić information content (AvgIpc) is 2.43. The molecule has 19 heavy (non-hydrogen) atoms. The van der Waals surface area contributed by atoms with Crippen molar-refractivity contribution in [3.8, 4) is 5.75 Å². The number of nitrogens with two attached hydrogens (primary N) is 1. The largest absolute Gasteiger partial charge is 0.477 e. The molecule has 1 aliphatic rings. The third kappa shape index (κ3) is 3.03. The zero-order valence-corrected chi connectivity index (χ0v) is 10.6. The minimum Gasteiger partial charge on any atom is -0.477 e. The highest BCUT2D eigenvalue weighted by Gasteiger charge is 2.21. The Balaban J connectivity index is 2.15. The van der Waals surface area contributed by atoms with E-state index in [9.17, 15) is 9.59 Å². The molecule has 1 aromatic rings. The summed E-state index contributed by atoms with van der Waals surface area (Å²) >= 11 is 0. The maximum atomic E-state index is 11.4. The van der Waals surface area contributed by atoms with Crippen LogP contribution in [0, 0.1) is 0 Å². The molecular weight excluding hydrogens is 248 g/mol. The molecule has 2 rings (SSSR count). The molecule has 3 N–H and O–H groups in total. The highest BCUT2D eigenvalue weighted by Crippen LogP contribution is 2.27. The van der Waals surface area contributed by atoms with Crippen molar-refractivity contribution < 1.29 is 19.1 Å². The average molecular weight is 264 g/mol. The van der Waals surface area contributed by atoms with Crippen LogP contribution in [0.1, 0.15) is 12.0 Å². The summed E-state index contributed by atoms with van der Waals surface area (Å²) in [5.41, 5.74) is 7.23. The van der Waals surface area contributed by atoms with Crippen LogP contribution in [0.4, 0.5) is 5.69 Å². The predicted molar refractivity (Wildman–Crippen MR) is 68.9 cm³/mol. The number of rotatable bonds is 4. The number of anilines is 1. The molecule has 0 fully saturated rings. The van der Waals surface area contributed by atoms with Crippen molar-refractivity contribution >= 4 is 17.6 Å². The number of methoxy groups -OCH3 is 1. The Hall–Kier alpha value is -2.08. The van der Waals surface area contributed by atoms with E-state index in [0.717, 1.165) is 11.3 Å². The Morgan fingerprint density at radius 3 is 2.95 bits per heavy atom. The molecule has 1 unspecified atom stereocenters. The fraction of sp³-hybridized carbons (Fsp3) is 0.385. The standard InChI is InChI=1S/C13H16N2O4/c1-18-13(17)11(7-14)19-9-4-2-8-3-5-12(16)15-10(8)6-9/h2,4,6,11H,3,5,7,14H2,1H3,(H,15,16). The molecule has 0 saturated heterocycles. The monoisotopic (exact) mass is 264 g/mol. The Morgan fingerprint density at radius 1 is 1.47 bits per heavy atom. The quantitative estimate of drug-likeness (QED) is 0.770. The number of carbonyl (C=O) groups excluding carboxylic acids is 2. The Bertz CT molecular complexity index is 501. The van der Waals surface area contributed by atoms with Crippen LogP contribution in [-0.4, -0.2) is 31.6 Å². The number of nitrogens with one attached hydrogen (secondary N) is 1. The van der Waals surface area contributed by atoms with Crippen molar-refractivity contribution in [1.82, 2.24) is 0 Å². The van der Waals surface area contributed by atoms with Crippen molar-refractivity contribution in [3.05, 3.63) is 23.8 Å². The van der Waals surface area contributed by atoms with Gasteiger partial charge in [-0.3, -0.25) is 4.79 Å². The molecule has 1 atom stereocenters. The van der Waals surface area contributed by atoms with E-state index in [4.69, 9.17) is 10.5 Å². The molecule has 0 bridgehead atoms. The first kappa shape index (κ1) is 13.4. The topological polar surface area (TPSA) is 90.7 Å². The summed E-state index contributed by atoms with van der Waals surface area (Å²) in [4.78, 5) is 22.7. The van der Waals surface area contributed by atoms with Gasteiger partial charge in [0.1, 0.15) is 5.75 Å². The van der Waals surface area contributed by atoms with Crippen LogP contribution < -0.4 is 15.8 Å². The zero-order chi connectivity index (χ0) is 13.8. The molecule has 6 heteroatoms. The van der Waals surface area contributed by atoms with E-state index in [1.54, 1.807) is 12.1 Å². The Kier molecular flexibility index (Phi) is 4.01. The van der Waals surface area contributed by atoms with Gasteiger partial charge in [0.05, 0.1) is 7.11 Å². The summed E-state index contributed by atoms with van der Waals surface area (Å²) in [7, 11) is 1.28. The van der Waals surface area contributed by atoms with Crippen LogP contribution in [0.25, 0.3) is 0 Å². The van der Waals surface area contributed by atoms with E-state index < -0.39 is 12.1 Å². The second kappa shape index (κ2) is 5.71. The maximum absolute atomic E-state index is 11.4. The van der Waals surface area contributed by atoms with Crippen LogP contribution in [0.3, 0.4) is 0 Å². The molecule has 1 aromatic carbocycles. The Labute approximate surface area is 110 Å². The van der Waals surface area contributed by atoms with E-state index >= 15 is 0 Å². The van der Waals surface area contributed by atoms with Gasteiger partial charge in [-0.1, -0.05) is 6.07 Å².